The van der Waals surface area contributed by atoms with Gasteiger partial charge in [-0.3, -0.25) is 4.57 Å². The first-order valence-corrected chi connectivity index (χ1v) is 15.1. The summed E-state index contributed by atoms with van der Waals surface area (Å²) in [5.74, 6) is 0.958. The van der Waals surface area contributed by atoms with E-state index in [-0.39, 0.29) is 10.8 Å². The molecule has 6 rings (SSSR count). The van der Waals surface area contributed by atoms with Crippen LogP contribution in [-0.4, -0.2) is 14.1 Å². The Hall–Kier alpha value is -4.11. The number of benzene rings is 4. The van der Waals surface area contributed by atoms with E-state index in [1.807, 2.05) is 6.20 Å². The van der Waals surface area contributed by atoms with Crippen LogP contribution >= 0.6 is 0 Å². The molecule has 0 atom stereocenters. The van der Waals surface area contributed by atoms with Crippen molar-refractivity contribution in [2.24, 2.45) is 0 Å². The SMILES string of the molecule is Cc1ccc2c(c1)c1c(C)c(C)ccc1n2-c1ccc(-c2nccn2-c2cc(C(C)(C)C)cc(C(C)(C)C)c2)cc1C. The van der Waals surface area contributed by atoms with Gasteiger partial charge in [0, 0.05) is 40.1 Å². The second-order valence-electron chi connectivity index (χ2n) is 14.1. The molecule has 6 aromatic rings. The lowest BCUT2D eigenvalue weighted by molar-refractivity contribution is 0.567. The first kappa shape index (κ1) is 28.0. The van der Waals surface area contributed by atoms with Gasteiger partial charge in [0.15, 0.2) is 0 Å². The number of hydrogen-bond donors (Lipinski definition) is 0. The number of rotatable bonds is 3. The van der Waals surface area contributed by atoms with E-state index in [1.165, 1.54) is 60.9 Å². The second-order valence-corrected chi connectivity index (χ2v) is 14.1. The van der Waals surface area contributed by atoms with E-state index >= 15 is 0 Å². The molecule has 3 heteroatoms. The molecule has 0 spiro atoms. The summed E-state index contributed by atoms with van der Waals surface area (Å²) in [4.78, 5) is 4.87. The predicted molar refractivity (Wildman–Crippen MR) is 180 cm³/mol. The second kappa shape index (κ2) is 9.73. The molecule has 4 aromatic carbocycles. The van der Waals surface area contributed by atoms with Crippen LogP contribution in [0.2, 0.25) is 0 Å². The van der Waals surface area contributed by atoms with Crippen LogP contribution in [0.4, 0.5) is 0 Å². The average Bonchev–Trinajstić information content (AvgIpc) is 3.53. The molecule has 0 aliphatic rings. The van der Waals surface area contributed by atoms with Crippen LogP contribution in [0.3, 0.4) is 0 Å². The fraction of sp³-hybridized carbons (Fsp3) is 0.308. The molecular weight excluding hydrogens is 510 g/mol. The van der Waals surface area contributed by atoms with Gasteiger partial charge < -0.3 is 4.57 Å². The summed E-state index contributed by atoms with van der Waals surface area (Å²) < 4.78 is 4.68. The predicted octanol–water partition coefficient (Wildman–Crippen LogP) is 10.5. The third kappa shape index (κ3) is 4.65. The molecule has 2 heterocycles. The van der Waals surface area contributed by atoms with Crippen molar-refractivity contribution in [2.45, 2.75) is 80.1 Å². The van der Waals surface area contributed by atoms with Crippen molar-refractivity contribution in [3.05, 3.63) is 113 Å². The van der Waals surface area contributed by atoms with E-state index in [0.717, 1.165) is 17.1 Å². The Morgan fingerprint density at radius 3 is 1.95 bits per heavy atom. The largest absolute Gasteiger partial charge is 0.309 e. The van der Waals surface area contributed by atoms with Crippen molar-refractivity contribution in [3.8, 4) is 22.8 Å². The van der Waals surface area contributed by atoms with Gasteiger partial charge in [-0.15, -0.1) is 0 Å². The van der Waals surface area contributed by atoms with Crippen molar-refractivity contribution in [2.75, 3.05) is 0 Å². The highest BCUT2D eigenvalue weighted by Crippen LogP contribution is 2.38. The molecule has 0 saturated carbocycles. The van der Waals surface area contributed by atoms with Gasteiger partial charge in [-0.2, -0.15) is 0 Å². The lowest BCUT2D eigenvalue weighted by atomic mass is 9.80. The number of aryl methyl sites for hydroxylation is 4. The van der Waals surface area contributed by atoms with E-state index in [9.17, 15) is 0 Å². The van der Waals surface area contributed by atoms with Crippen molar-refractivity contribution in [1.82, 2.24) is 14.1 Å². The van der Waals surface area contributed by atoms with Crippen LogP contribution in [0, 0.1) is 27.7 Å². The summed E-state index contributed by atoms with van der Waals surface area (Å²) >= 11 is 0. The monoisotopic (exact) mass is 553 g/mol. The van der Waals surface area contributed by atoms with Crippen molar-refractivity contribution in [1.29, 1.82) is 0 Å². The van der Waals surface area contributed by atoms with E-state index in [4.69, 9.17) is 4.98 Å². The quantitative estimate of drug-likeness (QED) is 0.214. The normalized spacial score (nSPS) is 12.5. The maximum absolute atomic E-state index is 4.87. The van der Waals surface area contributed by atoms with Crippen LogP contribution in [0.5, 0.6) is 0 Å². The van der Waals surface area contributed by atoms with Gasteiger partial charge in [-0.05, 0) is 115 Å². The van der Waals surface area contributed by atoms with Crippen LogP contribution in [0.15, 0.2) is 79.1 Å². The van der Waals surface area contributed by atoms with Gasteiger partial charge in [0.25, 0.3) is 0 Å². The van der Waals surface area contributed by atoms with Crippen LogP contribution in [-0.2, 0) is 10.8 Å². The number of aromatic nitrogens is 3. The fourth-order valence-electron chi connectivity index (χ4n) is 6.15. The summed E-state index contributed by atoms with van der Waals surface area (Å²) in [6, 6.07) is 25.2. The van der Waals surface area contributed by atoms with Crippen LogP contribution < -0.4 is 0 Å². The first-order chi connectivity index (χ1) is 19.7. The minimum Gasteiger partial charge on any atom is -0.309 e. The summed E-state index contributed by atoms with van der Waals surface area (Å²) in [5, 5.41) is 2.67. The number of nitrogens with zero attached hydrogens (tertiary/aromatic N) is 3. The molecule has 0 N–H and O–H groups in total. The Bertz CT molecular complexity index is 1950. The molecule has 0 saturated heterocycles. The highest BCUT2D eigenvalue weighted by atomic mass is 15.1. The maximum atomic E-state index is 4.87. The number of fused-ring (bicyclic) bond motifs is 3. The van der Waals surface area contributed by atoms with Crippen molar-refractivity contribution >= 4 is 21.8 Å². The zero-order valence-electron chi connectivity index (χ0n) is 26.8. The summed E-state index contributed by atoms with van der Waals surface area (Å²) in [5.41, 5.74) is 13.9. The van der Waals surface area contributed by atoms with Crippen molar-refractivity contribution in [3.63, 3.8) is 0 Å². The minimum atomic E-state index is 0.0484. The maximum Gasteiger partial charge on any atom is 0.144 e. The third-order valence-electron chi connectivity index (χ3n) is 8.88. The molecule has 0 bridgehead atoms. The topological polar surface area (TPSA) is 22.8 Å². The van der Waals surface area contributed by atoms with Gasteiger partial charge in [0.05, 0.1) is 11.0 Å². The Labute approximate surface area is 250 Å². The van der Waals surface area contributed by atoms with E-state index in [0.29, 0.717) is 0 Å². The molecular formula is C39H43N3. The molecule has 0 aliphatic heterocycles. The first-order valence-electron chi connectivity index (χ1n) is 15.1. The standard InChI is InChI=1S/C39H43N3/c1-24-11-14-34-32(19-24)36-27(4)25(2)12-15-35(36)42(34)33-16-13-28(20-26(33)3)37-40-17-18-41(37)31-22-29(38(5,6)7)21-30(23-31)39(8,9)10/h11-23H,1-10H3. The highest BCUT2D eigenvalue weighted by Gasteiger charge is 2.22. The van der Waals surface area contributed by atoms with Crippen LogP contribution in [0.1, 0.15) is 74.9 Å². The lowest BCUT2D eigenvalue weighted by Crippen LogP contribution is -2.17. The molecule has 0 aliphatic carbocycles. The Morgan fingerprint density at radius 2 is 1.31 bits per heavy atom. The minimum absolute atomic E-state index is 0.0484. The van der Waals surface area contributed by atoms with Crippen molar-refractivity contribution < 1.29 is 0 Å². The zero-order valence-corrected chi connectivity index (χ0v) is 26.8. The smallest absolute Gasteiger partial charge is 0.144 e. The van der Waals surface area contributed by atoms with Crippen LogP contribution in [0.25, 0.3) is 44.6 Å². The van der Waals surface area contributed by atoms with E-state index in [2.05, 4.69) is 151 Å². The number of hydrogen-bond acceptors (Lipinski definition) is 1. The van der Waals surface area contributed by atoms with Gasteiger partial charge in [-0.25, -0.2) is 4.98 Å². The zero-order chi connectivity index (χ0) is 30.1. The summed E-state index contributed by atoms with van der Waals surface area (Å²) in [6.07, 6.45) is 4.01. The summed E-state index contributed by atoms with van der Waals surface area (Å²) in [7, 11) is 0. The molecule has 0 fully saturated rings. The van der Waals surface area contributed by atoms with Gasteiger partial charge >= 0.3 is 0 Å². The molecule has 0 unspecified atom stereocenters. The lowest BCUT2D eigenvalue weighted by Gasteiger charge is -2.26. The molecule has 2 aromatic heterocycles. The molecule has 214 valence electrons. The number of imidazole rings is 1. The molecule has 0 radical (unpaired) electrons. The van der Waals surface area contributed by atoms with E-state index < -0.39 is 0 Å². The Morgan fingerprint density at radius 1 is 0.643 bits per heavy atom. The van der Waals surface area contributed by atoms with Gasteiger partial charge in [-0.1, -0.05) is 65.3 Å². The fourth-order valence-corrected chi connectivity index (χ4v) is 6.15. The van der Waals surface area contributed by atoms with E-state index in [1.54, 1.807) is 0 Å². The Balaban J connectivity index is 1.51. The van der Waals surface area contributed by atoms with Gasteiger partial charge in [0.1, 0.15) is 5.82 Å². The highest BCUT2D eigenvalue weighted by molar-refractivity contribution is 6.11. The molecule has 3 nitrogen and oxygen atoms in total. The average molecular weight is 554 g/mol. The van der Waals surface area contributed by atoms with Gasteiger partial charge in [0.2, 0.25) is 0 Å². The molecule has 0 amide bonds. The molecule has 42 heavy (non-hydrogen) atoms. The summed E-state index contributed by atoms with van der Waals surface area (Å²) in [6.45, 7) is 22.6. The third-order valence-corrected chi connectivity index (χ3v) is 8.88. The Kier molecular flexibility index (Phi) is 6.49.